The molecular weight excluding hydrogens is 366 g/mol. The Morgan fingerprint density at radius 3 is 2.63 bits per heavy atom. The van der Waals surface area contributed by atoms with Gasteiger partial charge in [0, 0.05) is 18.7 Å². The van der Waals surface area contributed by atoms with Gasteiger partial charge in [-0.05, 0) is 42.7 Å². The van der Waals surface area contributed by atoms with E-state index in [0.29, 0.717) is 13.4 Å². The molecular formula is C21H26ClNO4. The maximum atomic E-state index is 5.76. The molecule has 1 aliphatic rings. The molecule has 2 aromatic carbocycles. The van der Waals surface area contributed by atoms with E-state index in [2.05, 4.69) is 18.0 Å². The van der Waals surface area contributed by atoms with Gasteiger partial charge in [0.15, 0.2) is 23.0 Å². The summed E-state index contributed by atoms with van der Waals surface area (Å²) in [6.07, 6.45) is 2.61. The van der Waals surface area contributed by atoms with Crippen LogP contribution in [0.2, 0.25) is 0 Å². The normalized spacial score (nSPS) is 11.6. The van der Waals surface area contributed by atoms with Crippen LogP contribution in [0.4, 0.5) is 0 Å². The lowest BCUT2D eigenvalue weighted by Gasteiger charge is -2.16. The summed E-state index contributed by atoms with van der Waals surface area (Å²) in [5.41, 5.74) is 3.38. The fourth-order valence-corrected chi connectivity index (χ4v) is 2.99. The molecule has 2 aromatic rings. The number of fused-ring (bicyclic) bond motifs is 1. The molecule has 146 valence electrons. The van der Waals surface area contributed by atoms with E-state index in [1.165, 1.54) is 0 Å². The number of rotatable bonds is 9. The van der Waals surface area contributed by atoms with Crippen molar-refractivity contribution in [2.45, 2.75) is 26.4 Å². The lowest BCUT2D eigenvalue weighted by molar-refractivity contribution is 0.174. The monoisotopic (exact) mass is 391 g/mol. The molecule has 0 amide bonds. The van der Waals surface area contributed by atoms with Gasteiger partial charge in [0.1, 0.15) is 0 Å². The van der Waals surface area contributed by atoms with Gasteiger partial charge in [-0.2, -0.15) is 0 Å². The highest BCUT2D eigenvalue weighted by Gasteiger charge is 2.14. The van der Waals surface area contributed by atoms with Crippen LogP contribution in [0, 0.1) is 0 Å². The molecule has 1 N–H and O–H groups in total. The van der Waals surface area contributed by atoms with Crippen molar-refractivity contribution in [3.05, 3.63) is 59.7 Å². The van der Waals surface area contributed by atoms with E-state index < -0.39 is 0 Å². The highest BCUT2D eigenvalue weighted by molar-refractivity contribution is 5.85. The van der Waals surface area contributed by atoms with E-state index >= 15 is 0 Å². The molecule has 1 aliphatic heterocycles. The Bertz CT molecular complexity index is 779. The van der Waals surface area contributed by atoms with Crippen LogP contribution in [-0.4, -0.2) is 20.5 Å². The molecule has 3 rings (SSSR count). The van der Waals surface area contributed by atoms with Gasteiger partial charge in [-0.3, -0.25) is 0 Å². The maximum Gasteiger partial charge on any atom is 0.231 e. The van der Waals surface area contributed by atoms with Crippen molar-refractivity contribution in [3.8, 4) is 23.0 Å². The summed E-state index contributed by atoms with van der Waals surface area (Å²) in [6, 6.07) is 10.2. The molecule has 0 unspecified atom stereocenters. The molecule has 0 saturated carbocycles. The Labute approximate surface area is 166 Å². The second-order valence-corrected chi connectivity index (χ2v) is 6.00. The van der Waals surface area contributed by atoms with Gasteiger partial charge in [-0.25, -0.2) is 0 Å². The number of halogens is 1. The molecule has 0 bridgehead atoms. The van der Waals surface area contributed by atoms with Crippen molar-refractivity contribution in [2.75, 3.05) is 20.5 Å². The smallest absolute Gasteiger partial charge is 0.231 e. The molecule has 0 radical (unpaired) electrons. The third-order valence-corrected chi connectivity index (χ3v) is 4.16. The minimum absolute atomic E-state index is 0. The Kier molecular flexibility index (Phi) is 7.82. The van der Waals surface area contributed by atoms with Gasteiger partial charge < -0.3 is 24.3 Å². The summed E-state index contributed by atoms with van der Waals surface area (Å²) in [7, 11) is 1.67. The molecule has 6 heteroatoms. The highest BCUT2D eigenvalue weighted by atomic mass is 35.5. The van der Waals surface area contributed by atoms with Crippen molar-refractivity contribution in [1.82, 2.24) is 5.32 Å². The van der Waals surface area contributed by atoms with Gasteiger partial charge in [0.25, 0.3) is 0 Å². The van der Waals surface area contributed by atoms with E-state index in [1.54, 1.807) is 7.11 Å². The van der Waals surface area contributed by atoms with E-state index in [-0.39, 0.29) is 12.4 Å². The first-order valence-electron chi connectivity index (χ1n) is 8.77. The third-order valence-electron chi connectivity index (χ3n) is 4.16. The zero-order chi connectivity index (χ0) is 18.4. The van der Waals surface area contributed by atoms with Crippen LogP contribution in [0.5, 0.6) is 23.0 Å². The molecule has 0 aromatic heterocycles. The topological polar surface area (TPSA) is 49.0 Å². The third kappa shape index (κ3) is 5.08. The van der Waals surface area contributed by atoms with Crippen LogP contribution >= 0.6 is 12.4 Å². The summed E-state index contributed by atoms with van der Waals surface area (Å²) < 4.78 is 22.1. The number of methoxy groups -OCH3 is 1. The van der Waals surface area contributed by atoms with E-state index in [1.807, 2.05) is 37.3 Å². The summed E-state index contributed by atoms with van der Waals surface area (Å²) >= 11 is 0. The van der Waals surface area contributed by atoms with Crippen LogP contribution in [0.25, 0.3) is 0 Å². The molecule has 0 fully saturated rings. The second-order valence-electron chi connectivity index (χ2n) is 6.00. The van der Waals surface area contributed by atoms with Gasteiger partial charge in [0.05, 0.1) is 13.7 Å². The Morgan fingerprint density at radius 2 is 1.89 bits per heavy atom. The SMILES string of the molecule is C=CCc1cc(CNCc2ccc3c(c2)OCO3)cc(OC)c1OCC.Cl. The minimum Gasteiger partial charge on any atom is -0.493 e. The molecule has 0 saturated heterocycles. The van der Waals surface area contributed by atoms with Crippen LogP contribution in [-0.2, 0) is 19.5 Å². The number of ether oxygens (including phenoxy) is 4. The predicted octanol–water partition coefficient (Wildman–Crippen LogP) is 4.26. The molecule has 0 atom stereocenters. The predicted molar refractivity (Wildman–Crippen MR) is 108 cm³/mol. The molecule has 0 aliphatic carbocycles. The first kappa shape index (κ1) is 20.9. The Morgan fingerprint density at radius 1 is 1.11 bits per heavy atom. The minimum atomic E-state index is 0. The summed E-state index contributed by atoms with van der Waals surface area (Å²) in [4.78, 5) is 0. The zero-order valence-electron chi connectivity index (χ0n) is 15.7. The van der Waals surface area contributed by atoms with Crippen molar-refractivity contribution >= 4 is 12.4 Å². The van der Waals surface area contributed by atoms with E-state index in [0.717, 1.165) is 59.2 Å². The molecule has 0 spiro atoms. The number of allylic oxidation sites excluding steroid dienone is 1. The first-order chi connectivity index (χ1) is 12.7. The van der Waals surface area contributed by atoms with Gasteiger partial charge in [-0.15, -0.1) is 19.0 Å². The Hall–Kier alpha value is -2.37. The molecule has 1 heterocycles. The number of nitrogens with one attached hydrogen (secondary N) is 1. The highest BCUT2D eigenvalue weighted by Crippen LogP contribution is 2.34. The fraction of sp³-hybridized carbons (Fsp3) is 0.333. The average molecular weight is 392 g/mol. The number of benzene rings is 2. The van der Waals surface area contributed by atoms with Crippen LogP contribution in [0.15, 0.2) is 43.0 Å². The van der Waals surface area contributed by atoms with Crippen LogP contribution in [0.1, 0.15) is 23.6 Å². The zero-order valence-corrected chi connectivity index (χ0v) is 16.6. The van der Waals surface area contributed by atoms with Crippen molar-refractivity contribution in [1.29, 1.82) is 0 Å². The lowest BCUT2D eigenvalue weighted by atomic mass is 10.1. The molecule has 27 heavy (non-hydrogen) atoms. The fourth-order valence-electron chi connectivity index (χ4n) is 2.99. The van der Waals surface area contributed by atoms with E-state index in [9.17, 15) is 0 Å². The average Bonchev–Trinajstić information content (AvgIpc) is 3.11. The van der Waals surface area contributed by atoms with Gasteiger partial charge >= 0.3 is 0 Å². The van der Waals surface area contributed by atoms with Gasteiger partial charge in [-0.1, -0.05) is 18.2 Å². The lowest BCUT2D eigenvalue weighted by Crippen LogP contribution is -2.13. The van der Waals surface area contributed by atoms with Crippen molar-refractivity contribution in [2.24, 2.45) is 0 Å². The van der Waals surface area contributed by atoms with Gasteiger partial charge in [0.2, 0.25) is 6.79 Å². The largest absolute Gasteiger partial charge is 0.493 e. The van der Waals surface area contributed by atoms with Crippen molar-refractivity contribution < 1.29 is 18.9 Å². The van der Waals surface area contributed by atoms with E-state index in [4.69, 9.17) is 18.9 Å². The Balaban J connectivity index is 0.00000261. The second kappa shape index (κ2) is 10.1. The van der Waals surface area contributed by atoms with Crippen molar-refractivity contribution in [3.63, 3.8) is 0 Å². The maximum absolute atomic E-state index is 5.76. The standard InChI is InChI=1S/C21H25NO4.ClH/c1-4-6-17-9-16(11-20(23-3)21(17)24-5-2)13-22-12-15-7-8-18-19(10-15)26-14-25-18;/h4,7-11,22H,1,5-6,12-14H2,2-3H3;1H. The van der Waals surface area contributed by atoms with Crippen LogP contribution < -0.4 is 24.3 Å². The quantitative estimate of drug-likeness (QED) is 0.647. The first-order valence-corrected chi connectivity index (χ1v) is 8.77. The number of hydrogen-bond acceptors (Lipinski definition) is 5. The van der Waals surface area contributed by atoms with Crippen LogP contribution in [0.3, 0.4) is 0 Å². The summed E-state index contributed by atoms with van der Waals surface area (Å²) in [5.74, 6) is 3.17. The molecule has 5 nitrogen and oxygen atoms in total. The number of hydrogen-bond donors (Lipinski definition) is 1. The summed E-state index contributed by atoms with van der Waals surface area (Å²) in [6.45, 7) is 8.17. The summed E-state index contributed by atoms with van der Waals surface area (Å²) in [5, 5.41) is 3.46.